The summed E-state index contributed by atoms with van der Waals surface area (Å²) in [7, 11) is 2.07. The molecule has 4 aromatic rings. The molecule has 0 aliphatic rings. The third kappa shape index (κ3) is 4.29. The first-order valence-corrected chi connectivity index (χ1v) is 10.1. The molecule has 0 amide bonds. The van der Waals surface area contributed by atoms with Crippen molar-refractivity contribution < 1.29 is 0 Å². The number of aryl methyl sites for hydroxylation is 1. The molecule has 3 heteroatoms. The summed E-state index contributed by atoms with van der Waals surface area (Å²) in [5, 5.41) is 9.98. The van der Waals surface area contributed by atoms with Crippen LogP contribution in [0, 0.1) is 5.41 Å². The average molecular weight is 382 g/mol. The molecule has 0 radical (unpaired) electrons. The second-order valence-corrected chi connectivity index (χ2v) is 8.20. The van der Waals surface area contributed by atoms with E-state index in [1.807, 2.05) is 36.5 Å². The molecule has 4 rings (SSSR count). The number of hydrogen-bond acceptors (Lipinski definition) is 2. The summed E-state index contributed by atoms with van der Waals surface area (Å²) in [5.41, 5.74) is 5.31. The second-order valence-electron chi connectivity index (χ2n) is 8.20. The number of rotatable bonds is 7. The third-order valence-corrected chi connectivity index (χ3v) is 5.74. The smallest absolute Gasteiger partial charge is 0.0477 e. The van der Waals surface area contributed by atoms with Crippen LogP contribution in [-0.2, 0) is 25.3 Å². The summed E-state index contributed by atoms with van der Waals surface area (Å²) in [5.74, 6) is 0. The molecule has 3 nitrogen and oxygen atoms in total. The molecule has 2 aromatic heterocycles. The molecule has 1 N–H and O–H groups in total. The van der Waals surface area contributed by atoms with Gasteiger partial charge in [0, 0.05) is 48.2 Å². The van der Waals surface area contributed by atoms with E-state index in [9.17, 15) is 0 Å². The minimum absolute atomic E-state index is 0.190. The van der Waals surface area contributed by atoms with Crippen molar-refractivity contribution in [2.75, 3.05) is 0 Å². The summed E-state index contributed by atoms with van der Waals surface area (Å²) in [6.45, 7) is 2.27. The molecule has 1 atom stereocenters. The second kappa shape index (κ2) is 8.04. The lowest BCUT2D eigenvalue weighted by atomic mass is 9.73. The molecule has 0 saturated heterocycles. The van der Waals surface area contributed by atoms with Gasteiger partial charge >= 0.3 is 0 Å². The van der Waals surface area contributed by atoms with Gasteiger partial charge in [-0.25, -0.2) is 0 Å². The zero-order valence-corrected chi connectivity index (χ0v) is 17.1. The van der Waals surface area contributed by atoms with E-state index in [0.29, 0.717) is 12.8 Å². The Morgan fingerprint density at radius 2 is 1.79 bits per heavy atom. The number of nitrogens with zero attached hydrogens (tertiary/aromatic N) is 2. The SMILES string of the molecule is Cn1ccc2cc(C(C)(CC(=N)Cc3ccccc3)Cc3ccccn3)ccc21. The van der Waals surface area contributed by atoms with Crippen LogP contribution in [0.25, 0.3) is 10.9 Å². The van der Waals surface area contributed by atoms with Crippen LogP contribution in [0.1, 0.15) is 30.2 Å². The van der Waals surface area contributed by atoms with Crippen LogP contribution in [0.15, 0.2) is 85.2 Å². The van der Waals surface area contributed by atoms with E-state index in [0.717, 1.165) is 17.8 Å². The summed E-state index contributed by atoms with van der Waals surface area (Å²) in [6.07, 6.45) is 6.15. The van der Waals surface area contributed by atoms with Crippen LogP contribution in [-0.4, -0.2) is 15.3 Å². The van der Waals surface area contributed by atoms with Gasteiger partial charge in [-0.1, -0.05) is 49.4 Å². The van der Waals surface area contributed by atoms with Gasteiger partial charge in [0.25, 0.3) is 0 Å². The van der Waals surface area contributed by atoms with E-state index in [-0.39, 0.29) is 5.41 Å². The molecule has 2 heterocycles. The average Bonchev–Trinajstić information content (AvgIpc) is 3.09. The fraction of sp³-hybridized carbons (Fsp3) is 0.231. The predicted octanol–water partition coefficient (Wildman–Crippen LogP) is 5.73. The van der Waals surface area contributed by atoms with Gasteiger partial charge in [0.2, 0.25) is 0 Å². The molecule has 0 saturated carbocycles. The van der Waals surface area contributed by atoms with Gasteiger partial charge in [0.1, 0.15) is 0 Å². The quantitative estimate of drug-likeness (QED) is 0.408. The lowest BCUT2D eigenvalue weighted by molar-refractivity contribution is 0.479. The van der Waals surface area contributed by atoms with Gasteiger partial charge in [-0.3, -0.25) is 4.98 Å². The highest BCUT2D eigenvalue weighted by Gasteiger charge is 2.29. The number of hydrogen-bond donors (Lipinski definition) is 1. The van der Waals surface area contributed by atoms with E-state index in [1.54, 1.807) is 0 Å². The minimum atomic E-state index is -0.190. The van der Waals surface area contributed by atoms with Crippen LogP contribution < -0.4 is 0 Å². The zero-order valence-electron chi connectivity index (χ0n) is 17.1. The number of nitrogens with one attached hydrogen (secondary N) is 1. The van der Waals surface area contributed by atoms with Crippen molar-refractivity contribution in [1.82, 2.24) is 9.55 Å². The van der Waals surface area contributed by atoms with Crippen molar-refractivity contribution in [3.05, 3.63) is 102 Å². The lowest BCUT2D eigenvalue weighted by Crippen LogP contribution is -2.29. The highest BCUT2D eigenvalue weighted by molar-refractivity contribution is 5.86. The van der Waals surface area contributed by atoms with Crippen LogP contribution in [0.5, 0.6) is 0 Å². The monoisotopic (exact) mass is 381 g/mol. The van der Waals surface area contributed by atoms with Gasteiger partial charge in [-0.15, -0.1) is 0 Å². The molecular formula is C26H27N3. The summed E-state index contributed by atoms with van der Waals surface area (Å²) < 4.78 is 2.15. The first-order valence-electron chi connectivity index (χ1n) is 10.1. The largest absolute Gasteiger partial charge is 0.351 e. The Morgan fingerprint density at radius 3 is 2.55 bits per heavy atom. The highest BCUT2D eigenvalue weighted by Crippen LogP contribution is 2.34. The third-order valence-electron chi connectivity index (χ3n) is 5.74. The topological polar surface area (TPSA) is 41.7 Å². The maximum Gasteiger partial charge on any atom is 0.0477 e. The predicted molar refractivity (Wildman–Crippen MR) is 121 cm³/mol. The Bertz CT molecular complexity index is 1110. The van der Waals surface area contributed by atoms with Gasteiger partial charge in [-0.2, -0.15) is 0 Å². The van der Waals surface area contributed by atoms with Crippen molar-refractivity contribution in [2.45, 2.75) is 31.6 Å². The Morgan fingerprint density at radius 1 is 1.00 bits per heavy atom. The van der Waals surface area contributed by atoms with Gasteiger partial charge in [0.15, 0.2) is 0 Å². The molecule has 0 aliphatic carbocycles. The fourth-order valence-corrected chi connectivity index (χ4v) is 4.20. The summed E-state index contributed by atoms with van der Waals surface area (Å²) in [6, 6.07) is 25.2. The molecule has 0 spiro atoms. The molecule has 29 heavy (non-hydrogen) atoms. The molecule has 0 bridgehead atoms. The molecular weight excluding hydrogens is 354 g/mol. The van der Waals surface area contributed by atoms with E-state index in [1.165, 1.54) is 22.0 Å². The highest BCUT2D eigenvalue weighted by atomic mass is 14.9. The van der Waals surface area contributed by atoms with Crippen molar-refractivity contribution in [3.8, 4) is 0 Å². The van der Waals surface area contributed by atoms with Crippen molar-refractivity contribution in [1.29, 1.82) is 5.41 Å². The number of aromatic nitrogens is 2. The molecule has 0 fully saturated rings. The summed E-state index contributed by atoms with van der Waals surface area (Å²) in [4.78, 5) is 4.57. The van der Waals surface area contributed by atoms with E-state index in [2.05, 4.69) is 72.2 Å². The maximum absolute atomic E-state index is 8.74. The molecule has 146 valence electrons. The molecule has 2 aromatic carbocycles. The van der Waals surface area contributed by atoms with Gasteiger partial charge in [-0.05, 0) is 59.7 Å². The van der Waals surface area contributed by atoms with E-state index in [4.69, 9.17) is 5.41 Å². The summed E-state index contributed by atoms with van der Waals surface area (Å²) >= 11 is 0. The Balaban J connectivity index is 1.66. The van der Waals surface area contributed by atoms with Gasteiger partial charge in [0.05, 0.1) is 0 Å². The minimum Gasteiger partial charge on any atom is -0.351 e. The van der Waals surface area contributed by atoms with Crippen LogP contribution in [0.2, 0.25) is 0 Å². The Hall–Kier alpha value is -3.20. The lowest BCUT2D eigenvalue weighted by Gasteiger charge is -2.31. The van der Waals surface area contributed by atoms with E-state index < -0.39 is 0 Å². The zero-order chi connectivity index (χ0) is 20.3. The van der Waals surface area contributed by atoms with Crippen molar-refractivity contribution in [3.63, 3.8) is 0 Å². The first kappa shape index (κ1) is 19.1. The van der Waals surface area contributed by atoms with E-state index >= 15 is 0 Å². The number of benzene rings is 2. The van der Waals surface area contributed by atoms with Crippen LogP contribution in [0.3, 0.4) is 0 Å². The standard InChI is InChI=1S/C26H27N3/c1-26(19-24-10-6-7-14-28-24,18-23(27)16-20-8-4-3-5-9-20)22-11-12-25-21(17-22)13-15-29(25)2/h3-15,17,27H,16,18-19H2,1-2H3. The Kier molecular flexibility index (Phi) is 5.30. The van der Waals surface area contributed by atoms with Gasteiger partial charge < -0.3 is 9.98 Å². The fourth-order valence-electron chi connectivity index (χ4n) is 4.20. The van der Waals surface area contributed by atoms with Crippen LogP contribution >= 0.6 is 0 Å². The van der Waals surface area contributed by atoms with Crippen molar-refractivity contribution in [2.24, 2.45) is 7.05 Å². The Labute approximate surface area is 172 Å². The normalized spacial score (nSPS) is 13.3. The van der Waals surface area contributed by atoms with Crippen molar-refractivity contribution >= 4 is 16.6 Å². The maximum atomic E-state index is 8.74. The number of pyridine rings is 1. The molecule has 1 unspecified atom stereocenters. The van der Waals surface area contributed by atoms with Crippen LogP contribution in [0.4, 0.5) is 0 Å². The number of fused-ring (bicyclic) bond motifs is 1. The molecule has 0 aliphatic heterocycles. The first-order chi connectivity index (χ1) is 14.0.